The second kappa shape index (κ2) is 10.6. The fourth-order valence-electron chi connectivity index (χ4n) is 3.05. The van der Waals surface area contributed by atoms with E-state index in [0.717, 1.165) is 22.6 Å². The molecule has 0 aliphatic carbocycles. The van der Waals surface area contributed by atoms with E-state index in [2.05, 4.69) is 0 Å². The van der Waals surface area contributed by atoms with Crippen LogP contribution in [0.3, 0.4) is 0 Å². The Hall–Kier alpha value is -4.37. The lowest BCUT2D eigenvalue weighted by atomic mass is 10.1. The predicted octanol–water partition coefficient (Wildman–Crippen LogP) is 7.57. The summed E-state index contributed by atoms with van der Waals surface area (Å²) in [6.45, 7) is 0. The third-order valence-corrected chi connectivity index (χ3v) is 4.63. The first kappa shape index (κ1) is 20.9. The van der Waals surface area contributed by atoms with Crippen LogP contribution in [-0.2, 0) is 4.79 Å². The maximum atomic E-state index is 12.5. The smallest absolute Gasteiger partial charge is 0.178 e. The van der Waals surface area contributed by atoms with E-state index in [4.69, 9.17) is 9.47 Å². The van der Waals surface area contributed by atoms with Crippen LogP contribution in [-0.4, -0.2) is 5.78 Å². The molecule has 0 aliphatic rings. The molecule has 3 heteroatoms. The molecular weight excluding hydrogens is 396 g/mol. The van der Waals surface area contributed by atoms with Gasteiger partial charge in [-0.15, -0.1) is 0 Å². The van der Waals surface area contributed by atoms with E-state index in [1.807, 2.05) is 109 Å². The lowest BCUT2D eigenvalue weighted by molar-refractivity contribution is -0.110. The van der Waals surface area contributed by atoms with Gasteiger partial charge in [0.2, 0.25) is 0 Å². The van der Waals surface area contributed by atoms with E-state index in [-0.39, 0.29) is 5.78 Å². The summed E-state index contributed by atoms with van der Waals surface area (Å²) in [6, 6.07) is 34.3. The van der Waals surface area contributed by atoms with Crippen LogP contribution in [0, 0.1) is 0 Å². The lowest BCUT2D eigenvalue weighted by Crippen LogP contribution is -1.90. The van der Waals surface area contributed by atoms with Crippen molar-refractivity contribution < 1.29 is 14.3 Å². The third-order valence-electron chi connectivity index (χ3n) is 4.63. The van der Waals surface area contributed by atoms with Gasteiger partial charge in [0.1, 0.15) is 23.0 Å². The molecule has 0 heterocycles. The zero-order chi connectivity index (χ0) is 22.0. The summed E-state index contributed by atoms with van der Waals surface area (Å²) >= 11 is 0. The molecule has 0 N–H and O–H groups in total. The molecule has 4 rings (SSSR count). The van der Waals surface area contributed by atoms with Crippen molar-refractivity contribution in [1.82, 2.24) is 0 Å². The Kier molecular flexibility index (Phi) is 6.92. The van der Waals surface area contributed by atoms with Gasteiger partial charge in [0, 0.05) is 11.1 Å². The molecule has 32 heavy (non-hydrogen) atoms. The Morgan fingerprint density at radius 1 is 0.500 bits per heavy atom. The maximum Gasteiger partial charge on any atom is 0.178 e. The molecule has 4 aromatic rings. The largest absolute Gasteiger partial charge is 0.457 e. The van der Waals surface area contributed by atoms with E-state index in [1.54, 1.807) is 12.2 Å². The zero-order valence-electron chi connectivity index (χ0n) is 17.4. The molecule has 0 atom stereocenters. The molecule has 0 unspecified atom stereocenters. The van der Waals surface area contributed by atoms with Gasteiger partial charge in [-0.1, -0.05) is 72.8 Å². The van der Waals surface area contributed by atoms with E-state index in [0.29, 0.717) is 11.5 Å². The number of carbonyl (C=O) groups excluding carboxylic acids is 1. The number of ether oxygens (including phenoxy) is 2. The number of hydrogen-bond donors (Lipinski definition) is 0. The van der Waals surface area contributed by atoms with Crippen LogP contribution in [0.15, 0.2) is 121 Å². The number of benzene rings is 4. The van der Waals surface area contributed by atoms with Crippen molar-refractivity contribution in [2.45, 2.75) is 0 Å². The molecular formula is C29H22O3. The van der Waals surface area contributed by atoms with Crippen molar-refractivity contribution in [3.63, 3.8) is 0 Å². The standard InChI is InChI=1S/C29H22O3/c30-25(21-19-23-11-7-9-17-28(23)31-26-13-3-1-4-14-26)22-20-24-12-8-10-18-29(24)32-27-15-5-2-6-16-27/h1-22H/b21-19+,22-20+. The minimum atomic E-state index is -0.131. The first-order chi connectivity index (χ1) is 15.8. The monoisotopic (exact) mass is 418 g/mol. The molecule has 156 valence electrons. The highest BCUT2D eigenvalue weighted by Gasteiger charge is 2.04. The number of allylic oxidation sites excluding steroid dienone is 2. The minimum absolute atomic E-state index is 0.131. The van der Waals surface area contributed by atoms with Gasteiger partial charge in [-0.2, -0.15) is 0 Å². The number of hydrogen-bond acceptors (Lipinski definition) is 3. The van der Waals surface area contributed by atoms with Crippen molar-refractivity contribution >= 4 is 17.9 Å². The van der Waals surface area contributed by atoms with Crippen molar-refractivity contribution in [2.75, 3.05) is 0 Å². The third kappa shape index (κ3) is 5.83. The summed E-state index contributed by atoms with van der Waals surface area (Å²) in [5.74, 6) is 2.74. The van der Waals surface area contributed by atoms with Crippen LogP contribution in [0.25, 0.3) is 12.2 Å². The quantitative estimate of drug-likeness (QED) is 0.277. The van der Waals surface area contributed by atoms with Crippen LogP contribution in [0.1, 0.15) is 11.1 Å². The highest BCUT2D eigenvalue weighted by molar-refractivity contribution is 6.04. The normalized spacial score (nSPS) is 11.0. The highest BCUT2D eigenvalue weighted by atomic mass is 16.5. The van der Waals surface area contributed by atoms with E-state index >= 15 is 0 Å². The van der Waals surface area contributed by atoms with E-state index in [1.165, 1.54) is 12.2 Å². The fourth-order valence-corrected chi connectivity index (χ4v) is 3.05. The molecule has 0 aliphatic heterocycles. The summed E-state index contributed by atoms with van der Waals surface area (Å²) in [7, 11) is 0. The predicted molar refractivity (Wildman–Crippen MR) is 129 cm³/mol. The summed E-state index contributed by atoms with van der Waals surface area (Å²) in [5.41, 5.74) is 1.65. The molecule has 0 radical (unpaired) electrons. The lowest BCUT2D eigenvalue weighted by Gasteiger charge is -2.08. The van der Waals surface area contributed by atoms with Crippen LogP contribution in [0.2, 0.25) is 0 Å². The summed E-state index contributed by atoms with van der Waals surface area (Å²) in [5, 5.41) is 0. The molecule has 0 saturated heterocycles. The zero-order valence-corrected chi connectivity index (χ0v) is 17.4. The van der Waals surface area contributed by atoms with E-state index in [9.17, 15) is 4.79 Å². The first-order valence-electron chi connectivity index (χ1n) is 10.3. The topological polar surface area (TPSA) is 35.5 Å². The second-order valence-electron chi connectivity index (χ2n) is 6.97. The molecule has 0 saturated carbocycles. The van der Waals surface area contributed by atoms with Crippen molar-refractivity contribution in [1.29, 1.82) is 0 Å². The Bertz CT molecular complexity index is 1130. The van der Waals surface area contributed by atoms with Gasteiger partial charge < -0.3 is 9.47 Å². The van der Waals surface area contributed by atoms with E-state index < -0.39 is 0 Å². The Morgan fingerprint density at radius 3 is 1.31 bits per heavy atom. The second-order valence-corrected chi connectivity index (χ2v) is 6.97. The Balaban J connectivity index is 1.46. The molecule has 0 fully saturated rings. The van der Waals surface area contributed by atoms with Crippen LogP contribution in [0.4, 0.5) is 0 Å². The summed E-state index contributed by atoms with van der Waals surface area (Å²) in [6.07, 6.45) is 6.59. The highest BCUT2D eigenvalue weighted by Crippen LogP contribution is 2.27. The molecule has 0 amide bonds. The number of rotatable bonds is 8. The summed E-state index contributed by atoms with van der Waals surface area (Å²) in [4.78, 5) is 12.5. The van der Waals surface area contributed by atoms with Crippen molar-refractivity contribution in [3.05, 3.63) is 132 Å². The van der Waals surface area contributed by atoms with Crippen molar-refractivity contribution in [2.24, 2.45) is 0 Å². The van der Waals surface area contributed by atoms with Gasteiger partial charge in [0.05, 0.1) is 0 Å². The number of ketones is 1. The number of carbonyl (C=O) groups is 1. The average molecular weight is 418 g/mol. The Morgan fingerprint density at radius 2 is 0.875 bits per heavy atom. The van der Waals surface area contributed by atoms with Gasteiger partial charge in [-0.05, 0) is 60.7 Å². The van der Waals surface area contributed by atoms with Gasteiger partial charge in [-0.25, -0.2) is 0 Å². The summed E-state index contributed by atoms with van der Waals surface area (Å²) < 4.78 is 11.9. The average Bonchev–Trinajstić information content (AvgIpc) is 2.84. The fraction of sp³-hybridized carbons (Fsp3) is 0. The minimum Gasteiger partial charge on any atom is -0.457 e. The SMILES string of the molecule is O=C(/C=C/c1ccccc1Oc1ccccc1)/C=C/c1ccccc1Oc1ccccc1. The number of para-hydroxylation sites is 4. The Labute approximate surface area is 187 Å². The van der Waals surface area contributed by atoms with Gasteiger partial charge in [0.25, 0.3) is 0 Å². The molecule has 0 bridgehead atoms. The maximum absolute atomic E-state index is 12.5. The van der Waals surface area contributed by atoms with Gasteiger partial charge in [-0.3, -0.25) is 4.79 Å². The van der Waals surface area contributed by atoms with Gasteiger partial charge in [0.15, 0.2) is 5.78 Å². The molecule has 0 aromatic heterocycles. The van der Waals surface area contributed by atoms with Crippen LogP contribution < -0.4 is 9.47 Å². The first-order valence-corrected chi connectivity index (χ1v) is 10.3. The van der Waals surface area contributed by atoms with Crippen molar-refractivity contribution in [3.8, 4) is 23.0 Å². The van der Waals surface area contributed by atoms with Gasteiger partial charge >= 0.3 is 0 Å². The molecule has 0 spiro atoms. The van der Waals surface area contributed by atoms with Crippen LogP contribution >= 0.6 is 0 Å². The molecule has 3 nitrogen and oxygen atoms in total. The van der Waals surface area contributed by atoms with Crippen LogP contribution in [0.5, 0.6) is 23.0 Å². The molecule has 4 aromatic carbocycles.